The highest BCUT2D eigenvalue weighted by Gasteiger charge is 2.30. The molecule has 0 bridgehead atoms. The maximum Gasteiger partial charge on any atom is 0.146 e. The molecule has 22 heavy (non-hydrogen) atoms. The lowest BCUT2D eigenvalue weighted by atomic mass is 10.1. The van der Waals surface area contributed by atoms with E-state index in [9.17, 15) is 9.50 Å². The van der Waals surface area contributed by atoms with Crippen LogP contribution in [0, 0.1) is 5.82 Å². The molecule has 0 saturated carbocycles. The first-order valence-electron chi connectivity index (χ1n) is 7.25. The van der Waals surface area contributed by atoms with Crippen molar-refractivity contribution in [2.45, 2.75) is 12.1 Å². The number of halogens is 1. The van der Waals surface area contributed by atoms with Gasteiger partial charge in [-0.3, -0.25) is 9.58 Å². The summed E-state index contributed by atoms with van der Waals surface area (Å²) in [6, 6.07) is 6.21. The smallest absolute Gasteiger partial charge is 0.146 e. The third-order valence-electron chi connectivity index (χ3n) is 3.96. The number of rotatable bonds is 4. The van der Waals surface area contributed by atoms with Gasteiger partial charge >= 0.3 is 0 Å². The normalized spacial score (nSPS) is 21.0. The zero-order valence-corrected chi connectivity index (χ0v) is 12.4. The van der Waals surface area contributed by atoms with E-state index in [1.807, 2.05) is 7.05 Å². The molecule has 7 heteroatoms. The van der Waals surface area contributed by atoms with E-state index in [2.05, 4.69) is 15.0 Å². The van der Waals surface area contributed by atoms with E-state index in [1.54, 1.807) is 22.9 Å². The highest BCUT2D eigenvalue weighted by molar-refractivity contribution is 5.20. The minimum Gasteiger partial charge on any atom is -0.387 e. The molecule has 118 valence electrons. The minimum atomic E-state index is -0.893. The van der Waals surface area contributed by atoms with Gasteiger partial charge in [-0.25, -0.2) is 9.37 Å². The molecule has 1 N–H and O–H groups in total. The molecule has 0 aliphatic carbocycles. The number of hydrogen-bond donors (Lipinski definition) is 1. The first-order chi connectivity index (χ1) is 10.7. The fraction of sp³-hybridized carbons (Fsp3) is 0.467. The van der Waals surface area contributed by atoms with Crippen LogP contribution >= 0.6 is 0 Å². The lowest BCUT2D eigenvalue weighted by Gasteiger charge is -2.36. The topological polar surface area (TPSA) is 63.4 Å². The highest BCUT2D eigenvalue weighted by Crippen LogP contribution is 2.26. The van der Waals surface area contributed by atoms with Crippen molar-refractivity contribution in [3.8, 4) is 0 Å². The summed E-state index contributed by atoms with van der Waals surface area (Å²) in [6.45, 7) is 2.04. The molecule has 2 aromatic rings. The van der Waals surface area contributed by atoms with E-state index < -0.39 is 11.9 Å². The number of aryl methyl sites for hydroxylation is 1. The molecule has 2 atom stereocenters. The third kappa shape index (κ3) is 3.01. The van der Waals surface area contributed by atoms with Crippen LogP contribution in [0.3, 0.4) is 0 Å². The average molecular weight is 306 g/mol. The Bertz CT molecular complexity index is 634. The Balaban J connectivity index is 1.77. The van der Waals surface area contributed by atoms with Crippen molar-refractivity contribution in [1.82, 2.24) is 19.7 Å². The van der Waals surface area contributed by atoms with E-state index in [0.29, 0.717) is 31.9 Å². The Hall–Kier alpha value is -1.83. The van der Waals surface area contributed by atoms with Crippen LogP contribution in [0.5, 0.6) is 0 Å². The van der Waals surface area contributed by atoms with Crippen LogP contribution in [0.1, 0.15) is 23.5 Å². The number of hydrogen-bond acceptors (Lipinski definition) is 5. The predicted molar refractivity (Wildman–Crippen MR) is 77.5 cm³/mol. The van der Waals surface area contributed by atoms with E-state index in [-0.39, 0.29) is 6.04 Å². The molecule has 3 rings (SSSR count). The molecule has 2 heterocycles. The van der Waals surface area contributed by atoms with E-state index in [4.69, 9.17) is 4.74 Å². The van der Waals surface area contributed by atoms with Gasteiger partial charge in [0, 0.05) is 25.7 Å². The molecule has 1 aromatic heterocycles. The van der Waals surface area contributed by atoms with Gasteiger partial charge in [-0.05, 0) is 6.07 Å². The maximum atomic E-state index is 13.8. The molecular weight excluding hydrogens is 287 g/mol. The highest BCUT2D eigenvalue weighted by atomic mass is 19.1. The summed E-state index contributed by atoms with van der Waals surface area (Å²) < 4.78 is 21.0. The Kier molecular flexibility index (Phi) is 4.47. The first-order valence-corrected chi connectivity index (χ1v) is 7.25. The van der Waals surface area contributed by atoms with Crippen LogP contribution in [0.15, 0.2) is 30.6 Å². The largest absolute Gasteiger partial charge is 0.387 e. The molecule has 0 amide bonds. The van der Waals surface area contributed by atoms with Crippen LogP contribution in [-0.2, 0) is 11.8 Å². The second kappa shape index (κ2) is 6.51. The molecule has 1 aliphatic heterocycles. The second-order valence-corrected chi connectivity index (χ2v) is 5.36. The van der Waals surface area contributed by atoms with Crippen molar-refractivity contribution < 1.29 is 14.2 Å². The minimum absolute atomic E-state index is 0.0947. The maximum absolute atomic E-state index is 13.8. The lowest BCUT2D eigenvalue weighted by molar-refractivity contribution is -0.0322. The summed E-state index contributed by atoms with van der Waals surface area (Å²) in [4.78, 5) is 6.32. The molecule has 1 fully saturated rings. The lowest BCUT2D eigenvalue weighted by Crippen LogP contribution is -2.42. The van der Waals surface area contributed by atoms with E-state index in [1.165, 1.54) is 12.4 Å². The summed E-state index contributed by atoms with van der Waals surface area (Å²) >= 11 is 0. The van der Waals surface area contributed by atoms with Crippen LogP contribution in [-0.4, -0.2) is 51.1 Å². The zero-order valence-electron chi connectivity index (χ0n) is 12.4. The van der Waals surface area contributed by atoms with Gasteiger partial charge in [0.2, 0.25) is 0 Å². The number of aliphatic hydroxyl groups excluding tert-OH is 1. The SMILES string of the molecule is Cn1ncnc1C1COCCN1CC(O)c1ccccc1F. The van der Waals surface area contributed by atoms with Gasteiger partial charge in [-0.2, -0.15) is 5.10 Å². The summed E-state index contributed by atoms with van der Waals surface area (Å²) in [5.41, 5.74) is 0.311. The van der Waals surface area contributed by atoms with Crippen molar-refractivity contribution >= 4 is 0 Å². The van der Waals surface area contributed by atoms with Crippen molar-refractivity contribution in [2.75, 3.05) is 26.3 Å². The summed E-state index contributed by atoms with van der Waals surface area (Å²) in [6.07, 6.45) is 0.602. The molecule has 2 unspecified atom stereocenters. The number of ether oxygens (including phenoxy) is 1. The summed E-state index contributed by atoms with van der Waals surface area (Å²) in [5, 5.41) is 14.5. The van der Waals surface area contributed by atoms with Crippen LogP contribution in [0.25, 0.3) is 0 Å². The van der Waals surface area contributed by atoms with Gasteiger partial charge < -0.3 is 9.84 Å². The Morgan fingerprint density at radius 1 is 1.45 bits per heavy atom. The third-order valence-corrected chi connectivity index (χ3v) is 3.96. The Morgan fingerprint density at radius 3 is 3.00 bits per heavy atom. The van der Waals surface area contributed by atoms with Crippen LogP contribution in [0.2, 0.25) is 0 Å². The van der Waals surface area contributed by atoms with Crippen LogP contribution < -0.4 is 0 Å². The first kappa shape index (κ1) is 15.1. The van der Waals surface area contributed by atoms with E-state index >= 15 is 0 Å². The molecule has 1 aliphatic rings. The monoisotopic (exact) mass is 306 g/mol. The quantitative estimate of drug-likeness (QED) is 0.915. The van der Waals surface area contributed by atoms with Crippen molar-refractivity contribution in [3.63, 3.8) is 0 Å². The molecule has 0 spiro atoms. The number of β-amino-alcohol motifs (C(OH)–C–C–N with tert-alkyl or cyclic N) is 1. The van der Waals surface area contributed by atoms with Gasteiger partial charge in [0.05, 0.1) is 25.4 Å². The molecule has 1 saturated heterocycles. The van der Waals surface area contributed by atoms with E-state index in [0.717, 1.165) is 5.82 Å². The predicted octanol–water partition coefficient (Wildman–Crippen LogP) is 1.06. The fourth-order valence-electron chi connectivity index (χ4n) is 2.77. The number of benzene rings is 1. The Labute approximate surface area is 128 Å². The van der Waals surface area contributed by atoms with Crippen molar-refractivity contribution in [2.24, 2.45) is 7.05 Å². The average Bonchev–Trinajstić information content (AvgIpc) is 2.94. The number of nitrogens with zero attached hydrogens (tertiary/aromatic N) is 4. The summed E-state index contributed by atoms with van der Waals surface area (Å²) in [5.74, 6) is 0.388. The number of aliphatic hydroxyl groups is 1. The molecular formula is C15H19FN4O2. The number of morpholine rings is 1. The fourth-order valence-corrected chi connectivity index (χ4v) is 2.77. The molecule has 6 nitrogen and oxygen atoms in total. The summed E-state index contributed by atoms with van der Waals surface area (Å²) in [7, 11) is 1.82. The van der Waals surface area contributed by atoms with Gasteiger partial charge in [0.15, 0.2) is 0 Å². The van der Waals surface area contributed by atoms with Gasteiger partial charge in [-0.15, -0.1) is 0 Å². The molecule has 1 aromatic carbocycles. The number of aromatic nitrogens is 3. The van der Waals surface area contributed by atoms with Crippen molar-refractivity contribution in [3.05, 3.63) is 47.8 Å². The van der Waals surface area contributed by atoms with Crippen molar-refractivity contribution in [1.29, 1.82) is 0 Å². The van der Waals surface area contributed by atoms with Gasteiger partial charge in [-0.1, -0.05) is 18.2 Å². The standard InChI is InChI=1S/C15H19FN4O2/c1-19-15(17-10-18-19)13-9-22-7-6-20(13)8-14(21)11-4-2-3-5-12(11)16/h2-5,10,13-14,21H,6-9H2,1H3. The molecule has 0 radical (unpaired) electrons. The van der Waals surface area contributed by atoms with Gasteiger partial charge in [0.25, 0.3) is 0 Å². The Morgan fingerprint density at radius 2 is 2.27 bits per heavy atom. The zero-order chi connectivity index (χ0) is 15.5. The van der Waals surface area contributed by atoms with Crippen LogP contribution in [0.4, 0.5) is 4.39 Å². The van der Waals surface area contributed by atoms with Gasteiger partial charge in [0.1, 0.15) is 18.0 Å². The second-order valence-electron chi connectivity index (χ2n) is 5.36.